The van der Waals surface area contributed by atoms with Crippen LogP contribution in [0.4, 0.5) is 0 Å². The molecule has 0 saturated carbocycles. The maximum atomic E-state index is 12.6. The van der Waals surface area contributed by atoms with Crippen LogP contribution in [0.1, 0.15) is 28.9 Å². The number of hydrogen-bond acceptors (Lipinski definition) is 6. The normalized spacial score (nSPS) is 18.4. The molecule has 8 heteroatoms. The van der Waals surface area contributed by atoms with Crippen molar-refractivity contribution in [3.63, 3.8) is 0 Å². The number of nitrogens with one attached hydrogen (secondary N) is 1. The van der Waals surface area contributed by atoms with Gasteiger partial charge < -0.3 is 19.1 Å². The van der Waals surface area contributed by atoms with E-state index in [1.165, 1.54) is 12.4 Å². The fourth-order valence-electron chi connectivity index (χ4n) is 2.74. The number of rotatable bonds is 4. The fraction of sp³-hybridized carbons (Fsp3) is 0.500. The molecular weight excluding hydrogens is 312 g/mol. The Morgan fingerprint density at radius 1 is 1.42 bits per heavy atom. The highest BCUT2D eigenvalue weighted by molar-refractivity contribution is 5.91. The van der Waals surface area contributed by atoms with Gasteiger partial charge in [-0.2, -0.15) is 0 Å². The van der Waals surface area contributed by atoms with Gasteiger partial charge in [0.25, 0.3) is 11.5 Å². The van der Waals surface area contributed by atoms with Crippen molar-refractivity contribution in [2.45, 2.75) is 19.8 Å². The fourth-order valence-corrected chi connectivity index (χ4v) is 2.74. The Hall–Kier alpha value is -2.48. The first kappa shape index (κ1) is 16.4. The smallest absolute Gasteiger partial charge is 0.292 e. The molecule has 3 heterocycles. The molecule has 1 N–H and O–H groups in total. The molecule has 0 bridgehead atoms. The molecule has 1 amide bonds. The number of carbonyl (C=O) groups excluding carboxylic acids is 1. The molecule has 8 nitrogen and oxygen atoms in total. The van der Waals surface area contributed by atoms with Gasteiger partial charge in [0, 0.05) is 36.8 Å². The van der Waals surface area contributed by atoms with Crippen LogP contribution in [0.5, 0.6) is 0 Å². The molecule has 1 fully saturated rings. The molecule has 2 aromatic rings. The summed E-state index contributed by atoms with van der Waals surface area (Å²) in [7, 11) is 0. The molecule has 0 aromatic carbocycles. The number of ether oxygens (including phenoxy) is 1. The van der Waals surface area contributed by atoms with E-state index in [9.17, 15) is 9.59 Å². The number of aromatic amines is 1. The summed E-state index contributed by atoms with van der Waals surface area (Å²) in [4.78, 5) is 32.3. The number of aryl methyl sites for hydroxylation is 1. The number of aromatic nitrogens is 3. The lowest BCUT2D eigenvalue weighted by Crippen LogP contribution is -2.36. The topological polar surface area (TPSA) is 101 Å². The van der Waals surface area contributed by atoms with Crippen molar-refractivity contribution in [1.82, 2.24) is 20.0 Å². The quantitative estimate of drug-likeness (QED) is 0.882. The van der Waals surface area contributed by atoms with E-state index in [0.717, 1.165) is 12.1 Å². The molecule has 128 valence electrons. The van der Waals surface area contributed by atoms with Gasteiger partial charge in [-0.25, -0.2) is 4.98 Å². The van der Waals surface area contributed by atoms with Gasteiger partial charge in [0.1, 0.15) is 0 Å². The minimum atomic E-state index is -0.184. The van der Waals surface area contributed by atoms with Gasteiger partial charge >= 0.3 is 0 Å². The van der Waals surface area contributed by atoms with Crippen LogP contribution in [0.2, 0.25) is 0 Å². The van der Waals surface area contributed by atoms with E-state index in [1.54, 1.807) is 11.0 Å². The van der Waals surface area contributed by atoms with Crippen molar-refractivity contribution in [1.29, 1.82) is 0 Å². The second-order valence-electron chi connectivity index (χ2n) is 5.83. The summed E-state index contributed by atoms with van der Waals surface area (Å²) >= 11 is 0. The van der Waals surface area contributed by atoms with Crippen molar-refractivity contribution < 1.29 is 14.1 Å². The van der Waals surface area contributed by atoms with Crippen LogP contribution in [0.3, 0.4) is 0 Å². The van der Waals surface area contributed by atoms with E-state index in [4.69, 9.17) is 9.26 Å². The van der Waals surface area contributed by atoms with Crippen LogP contribution < -0.4 is 5.56 Å². The van der Waals surface area contributed by atoms with Gasteiger partial charge in [0.15, 0.2) is 0 Å². The summed E-state index contributed by atoms with van der Waals surface area (Å²) in [6.45, 7) is 3.97. The molecule has 0 aliphatic carbocycles. The third-order valence-electron chi connectivity index (χ3n) is 3.99. The Labute approximate surface area is 138 Å². The molecule has 1 aliphatic rings. The van der Waals surface area contributed by atoms with Crippen molar-refractivity contribution in [3.05, 3.63) is 46.0 Å². The molecule has 0 radical (unpaired) electrons. The lowest BCUT2D eigenvalue weighted by molar-refractivity contribution is 0.0695. The Balaban J connectivity index is 1.70. The number of amides is 1. The van der Waals surface area contributed by atoms with Crippen LogP contribution in [0.25, 0.3) is 0 Å². The lowest BCUT2D eigenvalue weighted by atomic mass is 10.0. The predicted octanol–water partition coefficient (Wildman–Crippen LogP) is 0.652. The van der Waals surface area contributed by atoms with Crippen molar-refractivity contribution >= 4 is 5.91 Å². The first-order valence-electron chi connectivity index (χ1n) is 8.02. The van der Waals surface area contributed by atoms with Gasteiger partial charge in [-0.15, -0.1) is 0 Å². The molecule has 1 atom stereocenters. The molecule has 1 saturated heterocycles. The van der Waals surface area contributed by atoms with Crippen LogP contribution in [0, 0.1) is 5.92 Å². The number of hydrogen-bond donors (Lipinski definition) is 1. The maximum Gasteiger partial charge on any atom is 0.292 e. The van der Waals surface area contributed by atoms with Crippen molar-refractivity contribution in [2.75, 3.05) is 26.3 Å². The zero-order valence-electron chi connectivity index (χ0n) is 13.5. The average molecular weight is 332 g/mol. The van der Waals surface area contributed by atoms with E-state index >= 15 is 0 Å². The highest BCUT2D eigenvalue weighted by Crippen LogP contribution is 2.15. The van der Waals surface area contributed by atoms with Crippen LogP contribution >= 0.6 is 0 Å². The summed E-state index contributed by atoms with van der Waals surface area (Å²) in [6, 6.07) is 3.16. The van der Waals surface area contributed by atoms with E-state index < -0.39 is 0 Å². The summed E-state index contributed by atoms with van der Waals surface area (Å²) < 4.78 is 10.7. The number of H-pyrrole nitrogens is 1. The van der Waals surface area contributed by atoms with Gasteiger partial charge in [-0.3, -0.25) is 9.59 Å². The van der Waals surface area contributed by atoms with E-state index in [2.05, 4.69) is 15.1 Å². The maximum absolute atomic E-state index is 12.6. The Kier molecular flexibility index (Phi) is 5.05. The standard InChI is InChI=1S/C16H20N4O4/c1-2-12-6-14(24-19-12)16(22)20-3-4-23-9-11(8-20)5-13-7-15(21)18-10-17-13/h6-7,10-11H,2-5,8-9H2,1H3,(H,17,18,21)/t11-/m1/s1. The monoisotopic (exact) mass is 332 g/mol. The third-order valence-corrected chi connectivity index (χ3v) is 3.99. The Morgan fingerprint density at radius 3 is 3.04 bits per heavy atom. The molecule has 2 aromatic heterocycles. The second kappa shape index (κ2) is 7.39. The van der Waals surface area contributed by atoms with Crippen LogP contribution in [-0.2, 0) is 17.6 Å². The van der Waals surface area contributed by atoms with E-state index in [1.807, 2.05) is 6.92 Å². The second-order valence-corrected chi connectivity index (χ2v) is 5.83. The van der Waals surface area contributed by atoms with Gasteiger partial charge in [-0.1, -0.05) is 12.1 Å². The first-order valence-corrected chi connectivity index (χ1v) is 8.02. The number of carbonyl (C=O) groups is 1. The zero-order valence-corrected chi connectivity index (χ0v) is 13.5. The largest absolute Gasteiger partial charge is 0.379 e. The molecule has 0 unspecified atom stereocenters. The Bertz CT molecular complexity index is 754. The van der Waals surface area contributed by atoms with Crippen molar-refractivity contribution in [2.24, 2.45) is 5.92 Å². The number of nitrogens with zero attached hydrogens (tertiary/aromatic N) is 3. The van der Waals surface area contributed by atoms with E-state index in [-0.39, 0.29) is 23.1 Å². The van der Waals surface area contributed by atoms with Crippen LogP contribution in [0.15, 0.2) is 27.8 Å². The first-order chi connectivity index (χ1) is 11.7. The highest BCUT2D eigenvalue weighted by atomic mass is 16.5. The molecule has 1 aliphatic heterocycles. The summed E-state index contributed by atoms with van der Waals surface area (Å²) in [5.41, 5.74) is 1.26. The summed E-state index contributed by atoms with van der Waals surface area (Å²) in [5, 5.41) is 3.87. The van der Waals surface area contributed by atoms with Gasteiger partial charge in [0.05, 0.1) is 25.2 Å². The van der Waals surface area contributed by atoms with Gasteiger partial charge in [0.2, 0.25) is 5.76 Å². The highest BCUT2D eigenvalue weighted by Gasteiger charge is 2.26. The predicted molar refractivity (Wildman–Crippen MR) is 84.7 cm³/mol. The molecule has 24 heavy (non-hydrogen) atoms. The average Bonchev–Trinajstić information content (AvgIpc) is 2.94. The molecular formula is C16H20N4O4. The summed E-state index contributed by atoms with van der Waals surface area (Å²) in [5.74, 6) is 0.137. The van der Waals surface area contributed by atoms with Crippen molar-refractivity contribution in [3.8, 4) is 0 Å². The SMILES string of the molecule is CCc1cc(C(=O)N2CCOC[C@H](Cc3cc(=O)[nH]cn3)C2)on1. The van der Waals surface area contributed by atoms with E-state index in [0.29, 0.717) is 38.4 Å². The Morgan fingerprint density at radius 2 is 2.29 bits per heavy atom. The minimum absolute atomic E-state index is 0.0688. The lowest BCUT2D eigenvalue weighted by Gasteiger charge is -2.22. The molecule has 3 rings (SSSR count). The molecule has 0 spiro atoms. The zero-order chi connectivity index (χ0) is 16.9. The summed E-state index contributed by atoms with van der Waals surface area (Å²) in [6.07, 6.45) is 2.68. The van der Waals surface area contributed by atoms with Crippen LogP contribution in [-0.4, -0.2) is 52.2 Å². The third kappa shape index (κ3) is 3.88. The van der Waals surface area contributed by atoms with Gasteiger partial charge in [-0.05, 0) is 12.8 Å². The minimum Gasteiger partial charge on any atom is -0.379 e.